The van der Waals surface area contributed by atoms with Crippen molar-refractivity contribution in [3.63, 3.8) is 0 Å². The summed E-state index contributed by atoms with van der Waals surface area (Å²) in [6, 6.07) is 7.76. The number of carbonyl (C=O) groups excluding carboxylic acids is 1. The number of hydrogen-bond acceptors (Lipinski definition) is 3. The topological polar surface area (TPSA) is 64.2 Å². The van der Waals surface area contributed by atoms with E-state index in [1.165, 1.54) is 0 Å². The van der Waals surface area contributed by atoms with Gasteiger partial charge in [-0.2, -0.15) is 5.10 Å². The second-order valence-corrected chi connectivity index (χ2v) is 6.64. The van der Waals surface area contributed by atoms with E-state index in [0.717, 1.165) is 36.1 Å². The van der Waals surface area contributed by atoms with Crippen LogP contribution in [0.2, 0.25) is 0 Å². The highest BCUT2D eigenvalue weighted by Gasteiger charge is 2.51. The molecule has 0 unspecified atom stereocenters. The number of likely N-dealkylation sites (tertiary alicyclic amines) is 1. The van der Waals surface area contributed by atoms with Crippen molar-refractivity contribution >= 4 is 5.91 Å². The van der Waals surface area contributed by atoms with Crippen molar-refractivity contribution in [2.24, 2.45) is 18.7 Å². The van der Waals surface area contributed by atoms with Crippen LogP contribution in [0.5, 0.6) is 0 Å². The van der Waals surface area contributed by atoms with Crippen LogP contribution >= 0.6 is 0 Å². The predicted molar refractivity (Wildman–Crippen MR) is 84.2 cm³/mol. The molecule has 1 saturated carbocycles. The molecule has 5 heteroatoms. The van der Waals surface area contributed by atoms with E-state index in [4.69, 9.17) is 5.73 Å². The first-order valence-electron chi connectivity index (χ1n) is 7.72. The fourth-order valence-electron chi connectivity index (χ4n) is 3.63. The maximum absolute atomic E-state index is 12.7. The number of carbonyl (C=O) groups is 1. The molecule has 0 bridgehead atoms. The third-order valence-corrected chi connectivity index (χ3v) is 5.13. The zero-order chi connectivity index (χ0) is 15.3. The summed E-state index contributed by atoms with van der Waals surface area (Å²) < 4.78 is 1.76. The summed E-state index contributed by atoms with van der Waals surface area (Å²) in [6.45, 7) is 1.49. The molecule has 1 aromatic carbocycles. The molecular weight excluding hydrogens is 276 g/mol. The summed E-state index contributed by atoms with van der Waals surface area (Å²) in [7, 11) is 1.89. The quantitative estimate of drug-likeness (QED) is 0.916. The highest BCUT2D eigenvalue weighted by Crippen LogP contribution is 2.42. The van der Waals surface area contributed by atoms with Gasteiger partial charge in [-0.1, -0.05) is 12.1 Å². The van der Waals surface area contributed by atoms with E-state index >= 15 is 0 Å². The maximum Gasteiger partial charge on any atom is 0.253 e. The Kier molecular flexibility index (Phi) is 2.87. The lowest BCUT2D eigenvalue weighted by Gasteiger charge is -2.39. The molecule has 0 radical (unpaired) electrons. The van der Waals surface area contributed by atoms with E-state index in [-0.39, 0.29) is 11.4 Å². The standard InChI is InChI=1S/C17H20N4O/c1-20-9-14(8-19-20)12-3-2-4-13(7-12)16(22)21-10-15-5-6-17(15,18)11-21/h2-4,7-9,15H,5-6,10-11,18H2,1H3/t15-,17-/m0/s1. The third kappa shape index (κ3) is 2.04. The molecule has 2 N–H and O–H groups in total. The van der Waals surface area contributed by atoms with Gasteiger partial charge in [0.15, 0.2) is 0 Å². The summed E-state index contributed by atoms with van der Waals surface area (Å²) in [5.41, 5.74) is 8.97. The highest BCUT2D eigenvalue weighted by molar-refractivity contribution is 5.95. The molecule has 2 fully saturated rings. The third-order valence-electron chi connectivity index (χ3n) is 5.13. The first-order valence-corrected chi connectivity index (χ1v) is 7.72. The van der Waals surface area contributed by atoms with Gasteiger partial charge in [-0.15, -0.1) is 0 Å². The molecule has 1 aliphatic heterocycles. The number of rotatable bonds is 2. The largest absolute Gasteiger partial charge is 0.336 e. The van der Waals surface area contributed by atoms with Gasteiger partial charge in [-0.3, -0.25) is 9.48 Å². The molecule has 5 nitrogen and oxygen atoms in total. The second kappa shape index (κ2) is 4.68. The number of fused-ring (bicyclic) bond motifs is 1. The lowest BCUT2D eigenvalue weighted by Crippen LogP contribution is -2.54. The predicted octanol–water partition coefficient (Wildman–Crippen LogP) is 1.65. The molecule has 1 aromatic heterocycles. The van der Waals surface area contributed by atoms with Crippen molar-refractivity contribution in [1.82, 2.24) is 14.7 Å². The van der Waals surface area contributed by atoms with E-state index in [2.05, 4.69) is 5.10 Å². The fourth-order valence-corrected chi connectivity index (χ4v) is 3.63. The van der Waals surface area contributed by atoms with Crippen molar-refractivity contribution in [3.8, 4) is 11.1 Å². The van der Waals surface area contributed by atoms with Crippen LogP contribution in [0.15, 0.2) is 36.7 Å². The van der Waals surface area contributed by atoms with E-state index in [1.54, 1.807) is 4.68 Å². The number of aromatic nitrogens is 2. The van der Waals surface area contributed by atoms with Crippen molar-refractivity contribution < 1.29 is 4.79 Å². The summed E-state index contributed by atoms with van der Waals surface area (Å²) in [5, 5.41) is 4.19. The number of nitrogens with two attached hydrogens (primary N) is 1. The Labute approximate surface area is 129 Å². The SMILES string of the molecule is Cn1cc(-c2cccc(C(=O)N3C[C@@H]4CC[C@]4(N)C3)c2)cn1. The summed E-state index contributed by atoms with van der Waals surface area (Å²) in [6.07, 6.45) is 5.95. The number of amides is 1. The Morgan fingerprint density at radius 2 is 2.27 bits per heavy atom. The van der Waals surface area contributed by atoms with Gasteiger partial charge < -0.3 is 10.6 Å². The molecule has 0 spiro atoms. The number of hydrogen-bond donors (Lipinski definition) is 1. The number of aryl methyl sites for hydroxylation is 1. The fraction of sp³-hybridized carbons (Fsp3) is 0.412. The molecule has 4 rings (SSSR count). The molecule has 114 valence electrons. The summed E-state index contributed by atoms with van der Waals surface area (Å²) in [5.74, 6) is 0.572. The van der Waals surface area contributed by atoms with Crippen LogP contribution in [0.3, 0.4) is 0 Å². The van der Waals surface area contributed by atoms with Crippen molar-refractivity contribution in [3.05, 3.63) is 42.2 Å². The van der Waals surface area contributed by atoms with Crippen LogP contribution in [0.1, 0.15) is 23.2 Å². The van der Waals surface area contributed by atoms with Crippen LogP contribution < -0.4 is 5.73 Å². The second-order valence-electron chi connectivity index (χ2n) is 6.64. The zero-order valence-corrected chi connectivity index (χ0v) is 12.7. The van der Waals surface area contributed by atoms with Crippen LogP contribution in [0.25, 0.3) is 11.1 Å². The molecule has 2 atom stereocenters. The smallest absolute Gasteiger partial charge is 0.253 e. The molecule has 2 aromatic rings. The summed E-state index contributed by atoms with van der Waals surface area (Å²) in [4.78, 5) is 14.7. The Hall–Kier alpha value is -2.14. The van der Waals surface area contributed by atoms with Gasteiger partial charge in [0.05, 0.1) is 6.20 Å². The van der Waals surface area contributed by atoms with Crippen LogP contribution in [-0.2, 0) is 7.05 Å². The first-order chi connectivity index (χ1) is 10.5. The first kappa shape index (κ1) is 13.5. The van der Waals surface area contributed by atoms with Crippen molar-refractivity contribution in [2.45, 2.75) is 18.4 Å². The molecule has 2 heterocycles. The Balaban J connectivity index is 1.59. The molecule has 1 saturated heterocycles. The van der Waals surface area contributed by atoms with E-state index < -0.39 is 0 Å². The molecule has 22 heavy (non-hydrogen) atoms. The van der Waals surface area contributed by atoms with Crippen molar-refractivity contribution in [1.29, 1.82) is 0 Å². The lowest BCUT2D eigenvalue weighted by atomic mass is 9.70. The van der Waals surface area contributed by atoms with Gasteiger partial charge in [0.1, 0.15) is 0 Å². The molecule has 1 aliphatic carbocycles. The van der Waals surface area contributed by atoms with Crippen LogP contribution in [0.4, 0.5) is 0 Å². The number of benzene rings is 1. The zero-order valence-electron chi connectivity index (χ0n) is 12.7. The minimum atomic E-state index is -0.128. The van der Waals surface area contributed by atoms with Gasteiger partial charge in [0, 0.05) is 43.0 Å². The Morgan fingerprint density at radius 1 is 1.41 bits per heavy atom. The minimum Gasteiger partial charge on any atom is -0.336 e. The minimum absolute atomic E-state index is 0.0879. The van der Waals surface area contributed by atoms with Gasteiger partial charge in [-0.05, 0) is 36.5 Å². The van der Waals surface area contributed by atoms with Gasteiger partial charge >= 0.3 is 0 Å². The highest BCUT2D eigenvalue weighted by atomic mass is 16.2. The van der Waals surface area contributed by atoms with E-state index in [1.807, 2.05) is 48.6 Å². The van der Waals surface area contributed by atoms with Crippen LogP contribution in [0, 0.1) is 5.92 Å². The molecular formula is C17H20N4O. The Morgan fingerprint density at radius 3 is 2.86 bits per heavy atom. The molecule has 2 aliphatic rings. The monoisotopic (exact) mass is 296 g/mol. The summed E-state index contributed by atoms with van der Waals surface area (Å²) >= 11 is 0. The average Bonchev–Trinajstić information content (AvgIpc) is 3.04. The van der Waals surface area contributed by atoms with E-state index in [9.17, 15) is 4.79 Å². The van der Waals surface area contributed by atoms with Gasteiger partial charge in [0.25, 0.3) is 5.91 Å². The van der Waals surface area contributed by atoms with E-state index in [0.29, 0.717) is 12.5 Å². The van der Waals surface area contributed by atoms with Gasteiger partial charge in [0.2, 0.25) is 0 Å². The van der Waals surface area contributed by atoms with Crippen LogP contribution in [-0.4, -0.2) is 39.2 Å². The molecule has 1 amide bonds. The normalized spacial score (nSPS) is 26.6. The lowest BCUT2D eigenvalue weighted by molar-refractivity contribution is 0.0785. The Bertz CT molecular complexity index is 738. The average molecular weight is 296 g/mol. The van der Waals surface area contributed by atoms with Crippen molar-refractivity contribution in [2.75, 3.05) is 13.1 Å². The maximum atomic E-state index is 12.7. The van der Waals surface area contributed by atoms with Gasteiger partial charge in [-0.25, -0.2) is 0 Å². The number of nitrogens with zero attached hydrogens (tertiary/aromatic N) is 3.